The maximum Gasteiger partial charge on any atom is 0.184 e. The molecular weight excluding hydrogens is 260 g/mol. The number of hydrogen-bond acceptors (Lipinski definition) is 2. The zero-order valence-corrected chi connectivity index (χ0v) is 14.6. The molecule has 1 saturated heterocycles. The third kappa shape index (κ3) is 3.49. The van der Waals surface area contributed by atoms with Gasteiger partial charge in [0.15, 0.2) is 6.29 Å². The number of ether oxygens (including phenoxy) is 2. The van der Waals surface area contributed by atoms with Crippen LogP contribution in [0.25, 0.3) is 0 Å². The van der Waals surface area contributed by atoms with Gasteiger partial charge in [-0.05, 0) is 50.7 Å². The van der Waals surface area contributed by atoms with Gasteiger partial charge < -0.3 is 9.47 Å². The molecular formula is C19H30O2. The van der Waals surface area contributed by atoms with Gasteiger partial charge in [0.2, 0.25) is 0 Å². The smallest absolute Gasteiger partial charge is 0.184 e. The first-order valence-electron chi connectivity index (χ1n) is 8.13. The fourth-order valence-corrected chi connectivity index (χ4v) is 3.23. The summed E-state index contributed by atoms with van der Waals surface area (Å²) in [6, 6.07) is 4.43. The van der Waals surface area contributed by atoms with Gasteiger partial charge in [0, 0.05) is 12.0 Å². The number of aryl methyl sites for hydroxylation is 3. The van der Waals surface area contributed by atoms with Crippen molar-refractivity contribution in [2.45, 2.75) is 79.8 Å². The van der Waals surface area contributed by atoms with Crippen LogP contribution >= 0.6 is 0 Å². The largest absolute Gasteiger partial charge is 0.345 e. The van der Waals surface area contributed by atoms with Gasteiger partial charge in [0.25, 0.3) is 0 Å². The minimum atomic E-state index is -0.231. The molecule has 1 heterocycles. The van der Waals surface area contributed by atoms with Gasteiger partial charge in [-0.3, -0.25) is 0 Å². The highest BCUT2D eigenvalue weighted by molar-refractivity contribution is 5.38. The van der Waals surface area contributed by atoms with Crippen LogP contribution in [0.15, 0.2) is 12.1 Å². The summed E-state index contributed by atoms with van der Waals surface area (Å²) < 4.78 is 12.5. The highest BCUT2D eigenvalue weighted by Crippen LogP contribution is 2.40. The van der Waals surface area contributed by atoms with Crippen LogP contribution in [0.3, 0.4) is 0 Å². The van der Waals surface area contributed by atoms with Gasteiger partial charge in [-0.25, -0.2) is 0 Å². The standard InChI is InChI=1S/C19H30O2/c1-8-19(6,7)16-11-15(5)20-18(21-16)17-13(3)9-12(2)10-14(17)4/h9-10,15-16,18H,8,11H2,1-7H3. The third-order valence-electron chi connectivity index (χ3n) is 4.95. The highest BCUT2D eigenvalue weighted by Gasteiger charge is 2.38. The van der Waals surface area contributed by atoms with Gasteiger partial charge in [-0.1, -0.05) is 38.5 Å². The zero-order chi connectivity index (χ0) is 15.8. The first-order valence-corrected chi connectivity index (χ1v) is 8.13. The molecule has 0 spiro atoms. The van der Waals surface area contributed by atoms with Crippen molar-refractivity contribution in [3.05, 3.63) is 34.4 Å². The predicted molar refractivity (Wildman–Crippen MR) is 87.5 cm³/mol. The van der Waals surface area contributed by atoms with Crippen LogP contribution in [-0.2, 0) is 9.47 Å². The third-order valence-corrected chi connectivity index (χ3v) is 4.95. The molecule has 1 aliphatic rings. The molecule has 0 saturated carbocycles. The van der Waals surface area contributed by atoms with E-state index in [2.05, 4.69) is 60.6 Å². The van der Waals surface area contributed by atoms with E-state index in [-0.39, 0.29) is 23.9 Å². The van der Waals surface area contributed by atoms with Crippen molar-refractivity contribution in [3.63, 3.8) is 0 Å². The molecule has 1 aromatic rings. The molecule has 21 heavy (non-hydrogen) atoms. The first-order chi connectivity index (χ1) is 9.74. The quantitative estimate of drug-likeness (QED) is 0.758. The Balaban J connectivity index is 2.32. The summed E-state index contributed by atoms with van der Waals surface area (Å²) in [5, 5.41) is 0. The summed E-state index contributed by atoms with van der Waals surface area (Å²) in [5.41, 5.74) is 5.22. The van der Waals surface area contributed by atoms with E-state index < -0.39 is 0 Å². The van der Waals surface area contributed by atoms with Crippen LogP contribution in [0, 0.1) is 26.2 Å². The van der Waals surface area contributed by atoms with Gasteiger partial charge in [-0.2, -0.15) is 0 Å². The van der Waals surface area contributed by atoms with Crippen LogP contribution < -0.4 is 0 Å². The van der Waals surface area contributed by atoms with Crippen LogP contribution in [0.5, 0.6) is 0 Å². The van der Waals surface area contributed by atoms with Gasteiger partial charge in [-0.15, -0.1) is 0 Å². The summed E-state index contributed by atoms with van der Waals surface area (Å²) in [7, 11) is 0. The minimum absolute atomic E-state index is 0.183. The lowest BCUT2D eigenvalue weighted by atomic mass is 9.80. The van der Waals surface area contributed by atoms with Gasteiger partial charge in [0.05, 0.1) is 12.2 Å². The van der Waals surface area contributed by atoms with Crippen molar-refractivity contribution in [1.82, 2.24) is 0 Å². The summed E-state index contributed by atoms with van der Waals surface area (Å²) in [6.45, 7) is 15.4. The topological polar surface area (TPSA) is 18.5 Å². The lowest BCUT2D eigenvalue weighted by Crippen LogP contribution is -2.41. The normalized spacial score (nSPS) is 26.9. The monoisotopic (exact) mass is 290 g/mol. The maximum absolute atomic E-state index is 6.38. The van der Waals surface area contributed by atoms with E-state index in [0.717, 1.165) is 12.8 Å². The minimum Gasteiger partial charge on any atom is -0.345 e. The average Bonchev–Trinajstić information content (AvgIpc) is 2.36. The van der Waals surface area contributed by atoms with Gasteiger partial charge >= 0.3 is 0 Å². The average molecular weight is 290 g/mol. The van der Waals surface area contributed by atoms with Gasteiger partial charge in [0.1, 0.15) is 0 Å². The van der Waals surface area contributed by atoms with Crippen LogP contribution in [0.4, 0.5) is 0 Å². The second kappa shape index (κ2) is 6.10. The molecule has 0 aliphatic carbocycles. The molecule has 118 valence electrons. The Morgan fingerprint density at radius 3 is 2.19 bits per heavy atom. The number of benzene rings is 1. The Morgan fingerprint density at radius 1 is 1.10 bits per heavy atom. The predicted octanol–water partition coefficient (Wildman–Crippen LogP) is 5.24. The molecule has 0 radical (unpaired) electrons. The fraction of sp³-hybridized carbons (Fsp3) is 0.684. The molecule has 1 aliphatic heterocycles. The molecule has 3 unspecified atom stereocenters. The van der Waals surface area contributed by atoms with E-state index in [9.17, 15) is 0 Å². The molecule has 1 fully saturated rings. The SMILES string of the molecule is CCC(C)(C)C1CC(C)OC(c2c(C)cc(C)cc2C)O1. The Labute approximate surface area is 129 Å². The molecule has 2 nitrogen and oxygen atoms in total. The van der Waals surface area contributed by atoms with Crippen molar-refractivity contribution in [2.24, 2.45) is 5.41 Å². The summed E-state index contributed by atoms with van der Waals surface area (Å²) in [5.74, 6) is 0. The van der Waals surface area contributed by atoms with Crippen molar-refractivity contribution < 1.29 is 9.47 Å². The van der Waals surface area contributed by atoms with Crippen molar-refractivity contribution in [1.29, 1.82) is 0 Å². The first kappa shape index (κ1) is 16.5. The molecule has 0 amide bonds. The molecule has 0 aromatic heterocycles. The molecule has 0 bridgehead atoms. The molecule has 1 aromatic carbocycles. The van der Waals surface area contributed by atoms with Crippen molar-refractivity contribution >= 4 is 0 Å². The van der Waals surface area contributed by atoms with Crippen LogP contribution in [0.1, 0.15) is 69.1 Å². The fourth-order valence-electron chi connectivity index (χ4n) is 3.23. The molecule has 3 atom stereocenters. The summed E-state index contributed by atoms with van der Waals surface area (Å²) in [6.07, 6.45) is 2.34. The van der Waals surface area contributed by atoms with Crippen LogP contribution in [0.2, 0.25) is 0 Å². The number of rotatable bonds is 3. The second-order valence-electron chi connectivity index (χ2n) is 7.29. The number of hydrogen-bond donors (Lipinski definition) is 0. The van der Waals surface area contributed by atoms with E-state index in [1.165, 1.54) is 22.3 Å². The Hall–Kier alpha value is -0.860. The van der Waals surface area contributed by atoms with E-state index >= 15 is 0 Å². The maximum atomic E-state index is 6.38. The zero-order valence-electron chi connectivity index (χ0n) is 14.6. The van der Waals surface area contributed by atoms with E-state index in [1.807, 2.05) is 0 Å². The Kier molecular flexibility index (Phi) is 4.79. The summed E-state index contributed by atoms with van der Waals surface area (Å²) in [4.78, 5) is 0. The molecule has 2 rings (SSSR count). The van der Waals surface area contributed by atoms with Crippen LogP contribution in [-0.4, -0.2) is 12.2 Å². The lowest BCUT2D eigenvalue weighted by Gasteiger charge is -2.42. The molecule has 0 N–H and O–H groups in total. The molecule has 2 heteroatoms. The van der Waals surface area contributed by atoms with Crippen molar-refractivity contribution in [2.75, 3.05) is 0 Å². The lowest BCUT2D eigenvalue weighted by molar-refractivity contribution is -0.265. The van der Waals surface area contributed by atoms with E-state index in [1.54, 1.807) is 0 Å². The van der Waals surface area contributed by atoms with E-state index in [4.69, 9.17) is 9.47 Å². The highest BCUT2D eigenvalue weighted by atomic mass is 16.7. The summed E-state index contributed by atoms with van der Waals surface area (Å²) >= 11 is 0. The second-order valence-corrected chi connectivity index (χ2v) is 7.29. The Bertz CT molecular complexity index is 481. The van der Waals surface area contributed by atoms with E-state index in [0.29, 0.717) is 0 Å². The Morgan fingerprint density at radius 2 is 1.67 bits per heavy atom. The van der Waals surface area contributed by atoms with Crippen molar-refractivity contribution in [3.8, 4) is 0 Å².